The Hall–Kier alpha value is -1.22. The fourth-order valence-corrected chi connectivity index (χ4v) is 1.72. The van der Waals surface area contributed by atoms with Crippen molar-refractivity contribution in [1.29, 1.82) is 0 Å². The van der Waals surface area contributed by atoms with E-state index in [9.17, 15) is 5.11 Å². The smallest absolute Gasteiger partial charge is 0.119 e. The Bertz CT molecular complexity index is 317. The summed E-state index contributed by atoms with van der Waals surface area (Å²) in [6.45, 7) is 4.45. The summed E-state index contributed by atoms with van der Waals surface area (Å²) in [5, 5.41) is 9.97. The van der Waals surface area contributed by atoms with E-state index < -0.39 is 5.60 Å². The molecule has 1 N–H and O–H groups in total. The molecule has 0 aliphatic rings. The zero-order chi connectivity index (χ0) is 12.7. The van der Waals surface area contributed by atoms with Crippen LogP contribution in [0.25, 0.3) is 0 Å². The molecule has 0 bridgehead atoms. The summed E-state index contributed by atoms with van der Waals surface area (Å²) in [6, 6.07) is 7.46. The van der Waals surface area contributed by atoms with Crippen molar-refractivity contribution in [1.82, 2.24) is 0 Å². The lowest BCUT2D eigenvalue weighted by atomic mass is 9.97. The van der Waals surface area contributed by atoms with Crippen molar-refractivity contribution in [2.24, 2.45) is 0 Å². The number of benzene rings is 1. The van der Waals surface area contributed by atoms with Crippen molar-refractivity contribution in [2.45, 2.75) is 38.7 Å². The van der Waals surface area contributed by atoms with Crippen molar-refractivity contribution in [3.8, 4) is 11.5 Å². The summed E-state index contributed by atoms with van der Waals surface area (Å²) >= 11 is 0. The van der Waals surface area contributed by atoms with Gasteiger partial charge in [0.15, 0.2) is 0 Å². The van der Waals surface area contributed by atoms with Crippen molar-refractivity contribution in [2.75, 3.05) is 13.7 Å². The van der Waals surface area contributed by atoms with E-state index in [1.807, 2.05) is 31.2 Å². The molecule has 0 saturated carbocycles. The molecule has 0 aliphatic carbocycles. The van der Waals surface area contributed by atoms with Crippen LogP contribution in [-0.2, 0) is 0 Å². The van der Waals surface area contributed by atoms with Crippen molar-refractivity contribution < 1.29 is 14.6 Å². The third-order valence-corrected chi connectivity index (χ3v) is 2.76. The van der Waals surface area contributed by atoms with Crippen LogP contribution >= 0.6 is 0 Å². The average molecular weight is 238 g/mol. The molecule has 1 rings (SSSR count). The van der Waals surface area contributed by atoms with Crippen LogP contribution in [-0.4, -0.2) is 24.4 Å². The van der Waals surface area contributed by atoms with Gasteiger partial charge in [0, 0.05) is 6.42 Å². The maximum atomic E-state index is 9.97. The summed E-state index contributed by atoms with van der Waals surface area (Å²) in [7, 11) is 1.64. The number of aliphatic hydroxyl groups is 1. The first-order valence-electron chi connectivity index (χ1n) is 6.06. The molecule has 0 amide bonds. The highest BCUT2D eigenvalue weighted by Gasteiger charge is 2.18. The first-order chi connectivity index (χ1) is 8.07. The van der Waals surface area contributed by atoms with E-state index in [0.717, 1.165) is 24.3 Å². The van der Waals surface area contributed by atoms with Crippen LogP contribution in [0.1, 0.15) is 33.1 Å². The van der Waals surface area contributed by atoms with E-state index in [0.29, 0.717) is 13.0 Å². The van der Waals surface area contributed by atoms with E-state index in [1.54, 1.807) is 7.11 Å². The molecule has 0 unspecified atom stereocenters. The van der Waals surface area contributed by atoms with Crippen LogP contribution in [0.4, 0.5) is 0 Å². The molecule has 96 valence electrons. The summed E-state index contributed by atoms with van der Waals surface area (Å²) in [5.74, 6) is 1.62. The summed E-state index contributed by atoms with van der Waals surface area (Å²) < 4.78 is 10.6. The molecule has 1 aromatic rings. The molecular weight excluding hydrogens is 216 g/mol. The first-order valence-corrected chi connectivity index (χ1v) is 6.06. The number of rotatable bonds is 7. The molecule has 1 atom stereocenters. The fourth-order valence-electron chi connectivity index (χ4n) is 1.72. The van der Waals surface area contributed by atoms with Gasteiger partial charge in [-0.1, -0.05) is 13.3 Å². The maximum absolute atomic E-state index is 9.97. The van der Waals surface area contributed by atoms with Gasteiger partial charge in [0.1, 0.15) is 11.5 Å². The lowest BCUT2D eigenvalue weighted by Crippen LogP contribution is -2.26. The van der Waals surface area contributed by atoms with Gasteiger partial charge in [-0.15, -0.1) is 0 Å². The number of methoxy groups -OCH3 is 1. The molecule has 0 radical (unpaired) electrons. The van der Waals surface area contributed by atoms with Crippen molar-refractivity contribution >= 4 is 0 Å². The third kappa shape index (κ3) is 5.09. The SMILES string of the molecule is CCC[C@@](C)(O)CCOc1ccc(OC)cc1. The molecule has 0 spiro atoms. The maximum Gasteiger partial charge on any atom is 0.119 e. The lowest BCUT2D eigenvalue weighted by Gasteiger charge is -2.22. The largest absolute Gasteiger partial charge is 0.497 e. The monoisotopic (exact) mass is 238 g/mol. The standard InChI is InChI=1S/C14H22O3/c1-4-9-14(2,15)10-11-17-13-7-5-12(16-3)6-8-13/h5-8,15H,4,9-11H2,1-3H3/t14-/m1/s1. The normalized spacial score (nSPS) is 14.1. The zero-order valence-electron chi connectivity index (χ0n) is 10.9. The van der Waals surface area contributed by atoms with Gasteiger partial charge in [-0.2, -0.15) is 0 Å². The highest BCUT2D eigenvalue weighted by atomic mass is 16.5. The van der Waals surface area contributed by atoms with Gasteiger partial charge in [0.2, 0.25) is 0 Å². The molecule has 0 aromatic heterocycles. The Morgan fingerprint density at radius 2 is 1.71 bits per heavy atom. The quantitative estimate of drug-likeness (QED) is 0.793. The van der Waals surface area contributed by atoms with Gasteiger partial charge < -0.3 is 14.6 Å². The highest BCUT2D eigenvalue weighted by Crippen LogP contribution is 2.20. The molecule has 17 heavy (non-hydrogen) atoms. The molecule has 0 fully saturated rings. The second-order valence-corrected chi connectivity index (χ2v) is 4.52. The molecule has 0 aliphatic heterocycles. The third-order valence-electron chi connectivity index (χ3n) is 2.76. The zero-order valence-corrected chi connectivity index (χ0v) is 10.9. The van der Waals surface area contributed by atoms with Gasteiger partial charge >= 0.3 is 0 Å². The topological polar surface area (TPSA) is 38.7 Å². The van der Waals surface area contributed by atoms with E-state index in [1.165, 1.54) is 0 Å². The Labute approximate surface area is 103 Å². The number of hydrogen-bond acceptors (Lipinski definition) is 3. The fraction of sp³-hybridized carbons (Fsp3) is 0.571. The molecule has 3 heteroatoms. The summed E-state index contributed by atoms with van der Waals surface area (Å²) in [4.78, 5) is 0. The number of ether oxygens (including phenoxy) is 2. The predicted octanol–water partition coefficient (Wildman–Crippen LogP) is 3.02. The number of hydrogen-bond donors (Lipinski definition) is 1. The van der Waals surface area contributed by atoms with Crippen LogP contribution in [0.2, 0.25) is 0 Å². The Morgan fingerprint density at radius 3 is 2.24 bits per heavy atom. The van der Waals surface area contributed by atoms with Crippen molar-refractivity contribution in [3.05, 3.63) is 24.3 Å². The van der Waals surface area contributed by atoms with Gasteiger partial charge in [0.05, 0.1) is 19.3 Å². The van der Waals surface area contributed by atoms with Gasteiger partial charge in [-0.3, -0.25) is 0 Å². The van der Waals surface area contributed by atoms with Crippen LogP contribution in [0.3, 0.4) is 0 Å². The second kappa shape index (κ2) is 6.50. The molecule has 0 saturated heterocycles. The predicted molar refractivity (Wildman–Crippen MR) is 68.6 cm³/mol. The van der Waals surface area contributed by atoms with Crippen LogP contribution in [0.5, 0.6) is 11.5 Å². The Balaban J connectivity index is 2.35. The molecule has 1 aromatic carbocycles. The first kappa shape index (κ1) is 13.8. The minimum atomic E-state index is -0.624. The van der Waals surface area contributed by atoms with E-state index >= 15 is 0 Å². The van der Waals surface area contributed by atoms with E-state index in [2.05, 4.69) is 6.92 Å². The van der Waals surface area contributed by atoms with Gasteiger partial charge in [-0.25, -0.2) is 0 Å². The minimum Gasteiger partial charge on any atom is -0.497 e. The Morgan fingerprint density at radius 1 is 1.12 bits per heavy atom. The summed E-state index contributed by atoms with van der Waals surface area (Å²) in [5.41, 5.74) is -0.624. The van der Waals surface area contributed by atoms with Gasteiger partial charge in [-0.05, 0) is 37.6 Å². The Kier molecular flexibility index (Phi) is 5.29. The highest BCUT2D eigenvalue weighted by molar-refractivity contribution is 5.31. The second-order valence-electron chi connectivity index (χ2n) is 4.52. The van der Waals surface area contributed by atoms with Crippen LogP contribution in [0, 0.1) is 0 Å². The molecule has 3 nitrogen and oxygen atoms in total. The van der Waals surface area contributed by atoms with Gasteiger partial charge in [0.25, 0.3) is 0 Å². The van der Waals surface area contributed by atoms with E-state index in [-0.39, 0.29) is 0 Å². The minimum absolute atomic E-state index is 0.527. The van der Waals surface area contributed by atoms with Crippen LogP contribution in [0.15, 0.2) is 24.3 Å². The summed E-state index contributed by atoms with van der Waals surface area (Å²) in [6.07, 6.45) is 2.43. The van der Waals surface area contributed by atoms with Crippen molar-refractivity contribution in [3.63, 3.8) is 0 Å². The van der Waals surface area contributed by atoms with Crippen LogP contribution < -0.4 is 9.47 Å². The van der Waals surface area contributed by atoms with E-state index in [4.69, 9.17) is 9.47 Å². The molecular formula is C14H22O3. The molecule has 0 heterocycles. The average Bonchev–Trinajstić information content (AvgIpc) is 2.29. The lowest BCUT2D eigenvalue weighted by molar-refractivity contribution is 0.0281.